The highest BCUT2D eigenvalue weighted by Gasteiger charge is 2.12. The van der Waals surface area contributed by atoms with Gasteiger partial charge in [-0.05, 0) is 54.8 Å². The first kappa shape index (κ1) is 19.6. The van der Waals surface area contributed by atoms with Crippen LogP contribution in [0.2, 0.25) is 0 Å². The van der Waals surface area contributed by atoms with Gasteiger partial charge in [0.1, 0.15) is 11.6 Å². The zero-order valence-electron chi connectivity index (χ0n) is 17.4. The Labute approximate surface area is 175 Å². The molecule has 0 saturated carbocycles. The van der Waals surface area contributed by atoms with E-state index in [1.54, 1.807) is 21.3 Å². The van der Waals surface area contributed by atoms with Crippen molar-refractivity contribution in [3.63, 3.8) is 0 Å². The molecule has 0 spiro atoms. The number of methoxy groups -OCH3 is 3. The number of aryl methyl sites for hydroxylation is 1. The molecule has 0 bridgehead atoms. The van der Waals surface area contributed by atoms with Crippen molar-refractivity contribution in [3.8, 4) is 28.5 Å². The Morgan fingerprint density at radius 1 is 0.933 bits per heavy atom. The van der Waals surface area contributed by atoms with Crippen LogP contribution in [0, 0.1) is 6.92 Å². The molecule has 0 amide bonds. The molecular formula is C23H24N4O3. The van der Waals surface area contributed by atoms with E-state index < -0.39 is 0 Å². The molecule has 0 aliphatic heterocycles. The van der Waals surface area contributed by atoms with Crippen LogP contribution >= 0.6 is 0 Å². The van der Waals surface area contributed by atoms with E-state index >= 15 is 0 Å². The van der Waals surface area contributed by atoms with Gasteiger partial charge in [0.25, 0.3) is 0 Å². The summed E-state index contributed by atoms with van der Waals surface area (Å²) in [5, 5.41) is 12.8. The van der Waals surface area contributed by atoms with Crippen LogP contribution in [0.3, 0.4) is 0 Å². The highest BCUT2D eigenvalue weighted by molar-refractivity contribution is 5.89. The Hall–Kier alpha value is -3.74. The number of pyridine rings is 1. The van der Waals surface area contributed by atoms with E-state index in [1.165, 1.54) is 0 Å². The highest BCUT2D eigenvalue weighted by atomic mass is 16.5. The van der Waals surface area contributed by atoms with Gasteiger partial charge in [-0.3, -0.25) is 5.10 Å². The van der Waals surface area contributed by atoms with Gasteiger partial charge in [0.15, 0.2) is 11.5 Å². The van der Waals surface area contributed by atoms with E-state index in [4.69, 9.17) is 19.2 Å². The molecule has 0 aliphatic carbocycles. The largest absolute Gasteiger partial charge is 0.497 e. The lowest BCUT2D eigenvalue weighted by atomic mass is 10.1. The second-order valence-corrected chi connectivity index (χ2v) is 6.87. The van der Waals surface area contributed by atoms with E-state index in [0.717, 1.165) is 44.9 Å². The summed E-state index contributed by atoms with van der Waals surface area (Å²) in [4.78, 5) is 4.70. The van der Waals surface area contributed by atoms with Crippen LogP contribution in [-0.4, -0.2) is 36.5 Å². The number of hydrogen-bond donors (Lipinski definition) is 2. The zero-order chi connectivity index (χ0) is 21.1. The van der Waals surface area contributed by atoms with Crippen molar-refractivity contribution in [2.45, 2.75) is 13.5 Å². The molecule has 2 aromatic carbocycles. The lowest BCUT2D eigenvalue weighted by Crippen LogP contribution is -2.03. The molecule has 0 fully saturated rings. The molecule has 7 nitrogen and oxygen atoms in total. The predicted molar refractivity (Wildman–Crippen MR) is 117 cm³/mol. The third kappa shape index (κ3) is 3.74. The van der Waals surface area contributed by atoms with Crippen molar-refractivity contribution < 1.29 is 14.2 Å². The Morgan fingerprint density at radius 3 is 2.37 bits per heavy atom. The smallest absolute Gasteiger partial charge is 0.161 e. The van der Waals surface area contributed by atoms with Crippen molar-refractivity contribution in [2.75, 3.05) is 26.6 Å². The van der Waals surface area contributed by atoms with Crippen molar-refractivity contribution in [1.82, 2.24) is 15.2 Å². The maximum absolute atomic E-state index is 5.44. The Balaban J connectivity index is 1.59. The maximum atomic E-state index is 5.44. The predicted octanol–water partition coefficient (Wildman–Crippen LogP) is 4.57. The van der Waals surface area contributed by atoms with Crippen LogP contribution in [0.1, 0.15) is 11.3 Å². The minimum absolute atomic E-state index is 0.586. The molecule has 4 aromatic rings. The van der Waals surface area contributed by atoms with Crippen LogP contribution in [-0.2, 0) is 6.54 Å². The van der Waals surface area contributed by atoms with E-state index in [9.17, 15) is 0 Å². The van der Waals surface area contributed by atoms with E-state index in [-0.39, 0.29) is 0 Å². The van der Waals surface area contributed by atoms with Gasteiger partial charge in [-0.2, -0.15) is 5.10 Å². The number of benzene rings is 2. The summed E-state index contributed by atoms with van der Waals surface area (Å²) in [5.74, 6) is 2.99. The number of hydrogen-bond acceptors (Lipinski definition) is 6. The van der Waals surface area contributed by atoms with Crippen molar-refractivity contribution >= 4 is 16.6 Å². The Kier molecular flexibility index (Phi) is 5.43. The Bertz CT molecular complexity index is 1170. The number of anilines is 1. The summed E-state index contributed by atoms with van der Waals surface area (Å²) in [6, 6.07) is 13.8. The van der Waals surface area contributed by atoms with Gasteiger partial charge in [0, 0.05) is 28.8 Å². The second kappa shape index (κ2) is 8.32. The lowest BCUT2D eigenvalue weighted by Gasteiger charge is -2.13. The van der Waals surface area contributed by atoms with Gasteiger partial charge >= 0.3 is 0 Å². The second-order valence-electron chi connectivity index (χ2n) is 6.87. The molecular weight excluding hydrogens is 380 g/mol. The normalized spacial score (nSPS) is 10.8. The van der Waals surface area contributed by atoms with Crippen LogP contribution < -0.4 is 19.5 Å². The van der Waals surface area contributed by atoms with Gasteiger partial charge < -0.3 is 19.5 Å². The first-order valence-corrected chi connectivity index (χ1v) is 9.57. The minimum atomic E-state index is 0.586. The average molecular weight is 404 g/mol. The molecule has 30 heavy (non-hydrogen) atoms. The number of ether oxygens (including phenoxy) is 3. The van der Waals surface area contributed by atoms with E-state index in [0.29, 0.717) is 18.0 Å². The first-order chi connectivity index (χ1) is 14.6. The molecule has 2 aromatic heterocycles. The van der Waals surface area contributed by atoms with E-state index in [2.05, 4.69) is 15.5 Å². The van der Waals surface area contributed by atoms with Crippen LogP contribution in [0.25, 0.3) is 22.0 Å². The van der Waals surface area contributed by atoms with Gasteiger partial charge in [-0.15, -0.1) is 0 Å². The van der Waals surface area contributed by atoms with Crippen LogP contribution in [0.5, 0.6) is 17.2 Å². The molecule has 4 rings (SSSR count). The maximum Gasteiger partial charge on any atom is 0.161 e. The number of H-pyrrole nitrogens is 1. The van der Waals surface area contributed by atoms with Crippen LogP contribution in [0.4, 0.5) is 5.82 Å². The SMILES string of the molecule is COc1ccc(-c2[nH]ncc2CNc2cc3cc(OC)c(OC)cc3c(C)n2)cc1. The number of nitrogens with one attached hydrogen (secondary N) is 2. The summed E-state index contributed by atoms with van der Waals surface area (Å²) in [7, 11) is 4.93. The van der Waals surface area contributed by atoms with Crippen molar-refractivity contribution in [3.05, 3.63) is 59.9 Å². The molecule has 154 valence electrons. The highest BCUT2D eigenvalue weighted by Crippen LogP contribution is 2.34. The van der Waals surface area contributed by atoms with Gasteiger partial charge in [0.05, 0.1) is 33.2 Å². The monoisotopic (exact) mass is 404 g/mol. The molecule has 7 heteroatoms. The molecule has 2 heterocycles. The molecule has 0 unspecified atom stereocenters. The molecule has 0 radical (unpaired) electrons. The minimum Gasteiger partial charge on any atom is -0.497 e. The van der Waals surface area contributed by atoms with E-state index in [1.807, 2.05) is 55.6 Å². The third-order valence-corrected chi connectivity index (χ3v) is 5.08. The fourth-order valence-electron chi connectivity index (χ4n) is 3.48. The standard InChI is InChI=1S/C23H24N4O3/c1-14-19-11-21(30-4)20(29-3)9-16(19)10-22(26-14)24-12-17-13-25-27-23(17)15-5-7-18(28-2)8-6-15/h5-11,13H,12H2,1-4H3,(H,24,26)(H,25,27). The van der Waals surface area contributed by atoms with Gasteiger partial charge in [0.2, 0.25) is 0 Å². The summed E-state index contributed by atoms with van der Waals surface area (Å²) in [6.07, 6.45) is 1.83. The fraction of sp³-hybridized carbons (Fsp3) is 0.217. The van der Waals surface area contributed by atoms with Crippen LogP contribution in [0.15, 0.2) is 48.7 Å². The number of rotatable bonds is 7. The number of nitrogens with zero attached hydrogens (tertiary/aromatic N) is 2. The van der Waals surface area contributed by atoms with Crippen molar-refractivity contribution in [1.29, 1.82) is 0 Å². The summed E-state index contributed by atoms with van der Waals surface area (Å²) in [5.41, 5.74) is 3.98. The van der Waals surface area contributed by atoms with Gasteiger partial charge in [-0.1, -0.05) is 0 Å². The molecule has 0 saturated heterocycles. The average Bonchev–Trinajstić information content (AvgIpc) is 3.25. The quantitative estimate of drug-likeness (QED) is 0.470. The topological polar surface area (TPSA) is 81.3 Å². The molecule has 0 aliphatic rings. The first-order valence-electron chi connectivity index (χ1n) is 9.57. The Morgan fingerprint density at radius 2 is 1.67 bits per heavy atom. The molecule has 0 atom stereocenters. The van der Waals surface area contributed by atoms with Gasteiger partial charge in [-0.25, -0.2) is 4.98 Å². The summed E-state index contributed by atoms with van der Waals surface area (Å²) >= 11 is 0. The molecule has 2 N–H and O–H groups in total. The lowest BCUT2D eigenvalue weighted by molar-refractivity contribution is 0.356. The fourth-order valence-corrected chi connectivity index (χ4v) is 3.48. The number of aromatic amines is 1. The summed E-state index contributed by atoms with van der Waals surface area (Å²) in [6.45, 7) is 2.57. The number of aromatic nitrogens is 3. The zero-order valence-corrected chi connectivity index (χ0v) is 17.4. The van der Waals surface area contributed by atoms with Crippen molar-refractivity contribution in [2.24, 2.45) is 0 Å². The summed E-state index contributed by atoms with van der Waals surface area (Å²) < 4.78 is 16.1. The third-order valence-electron chi connectivity index (χ3n) is 5.08. The number of fused-ring (bicyclic) bond motifs is 1.